The van der Waals surface area contributed by atoms with Gasteiger partial charge in [0, 0.05) is 6.04 Å². The summed E-state index contributed by atoms with van der Waals surface area (Å²) in [5.41, 5.74) is 1.28. The Bertz CT molecular complexity index is 501. The van der Waals surface area contributed by atoms with E-state index in [1.807, 2.05) is 18.2 Å². The molecule has 0 aromatic heterocycles. The molecule has 2 N–H and O–H groups in total. The van der Waals surface area contributed by atoms with Crippen molar-refractivity contribution in [3.63, 3.8) is 0 Å². The van der Waals surface area contributed by atoms with Crippen molar-refractivity contribution in [2.45, 2.75) is 31.4 Å². The summed E-state index contributed by atoms with van der Waals surface area (Å²) < 4.78 is 22.7. The van der Waals surface area contributed by atoms with E-state index in [1.54, 1.807) is 0 Å². The Hall–Kier alpha value is -0.910. The number of aliphatic hydroxyl groups is 1. The van der Waals surface area contributed by atoms with Gasteiger partial charge >= 0.3 is 0 Å². The fraction of sp³-hybridized carbons (Fsp3) is 0.571. The molecule has 1 saturated heterocycles. The highest BCUT2D eigenvalue weighted by Gasteiger charge is 2.35. The van der Waals surface area contributed by atoms with E-state index in [0.717, 1.165) is 6.42 Å². The summed E-state index contributed by atoms with van der Waals surface area (Å²) in [6, 6.07) is 9.92. The van der Waals surface area contributed by atoms with E-state index in [0.29, 0.717) is 12.5 Å². The molecule has 1 aromatic carbocycles. The zero-order valence-electron chi connectivity index (χ0n) is 11.1. The third-order valence-electron chi connectivity index (χ3n) is 3.68. The summed E-state index contributed by atoms with van der Waals surface area (Å²) >= 11 is 0. The highest BCUT2D eigenvalue weighted by atomic mass is 32.2. The molecule has 19 heavy (non-hydrogen) atoms. The normalized spacial score (nSPS) is 27.3. The van der Waals surface area contributed by atoms with Crippen molar-refractivity contribution in [3.05, 3.63) is 35.9 Å². The average Bonchev–Trinajstić information content (AvgIpc) is 2.63. The minimum Gasteiger partial charge on any atom is -0.390 e. The van der Waals surface area contributed by atoms with Gasteiger partial charge in [-0.05, 0) is 24.4 Å². The van der Waals surface area contributed by atoms with Crippen LogP contribution in [0.15, 0.2) is 30.3 Å². The van der Waals surface area contributed by atoms with E-state index in [9.17, 15) is 13.5 Å². The second kappa shape index (κ2) is 6.03. The molecule has 0 saturated carbocycles. The number of hydrogen-bond donors (Lipinski definition) is 2. The van der Waals surface area contributed by atoms with Crippen LogP contribution in [0.3, 0.4) is 0 Å². The first-order valence-electron chi connectivity index (χ1n) is 6.65. The Morgan fingerprint density at radius 3 is 2.58 bits per heavy atom. The second-order valence-corrected chi connectivity index (χ2v) is 7.46. The Kier molecular flexibility index (Phi) is 4.60. The minimum absolute atomic E-state index is 0.0495. The van der Waals surface area contributed by atoms with Crippen molar-refractivity contribution in [2.24, 2.45) is 0 Å². The topological polar surface area (TPSA) is 66.4 Å². The smallest absolute Gasteiger partial charge is 0.154 e. The summed E-state index contributed by atoms with van der Waals surface area (Å²) in [6.45, 7) is 2.87. The molecule has 0 radical (unpaired) electrons. The molecular formula is C14H21NO3S. The van der Waals surface area contributed by atoms with Crippen LogP contribution in [0.4, 0.5) is 0 Å². The zero-order chi connectivity index (χ0) is 13.9. The van der Waals surface area contributed by atoms with Gasteiger partial charge in [0.1, 0.15) is 0 Å². The first-order valence-corrected chi connectivity index (χ1v) is 8.47. The summed E-state index contributed by atoms with van der Waals surface area (Å²) in [5, 5.41) is 12.8. The molecule has 1 fully saturated rings. The standard InChI is InChI=1S/C14H21NO3S/c1-11(12-5-3-2-4-6-12)7-8-15-13-9-19(17,18)10-14(13)16/h2-6,11,13-16H,7-10H2,1H3. The SMILES string of the molecule is CC(CCNC1CS(=O)(=O)CC1O)c1ccccc1. The molecule has 0 aliphatic carbocycles. The van der Waals surface area contributed by atoms with Crippen molar-refractivity contribution in [1.29, 1.82) is 0 Å². The highest BCUT2D eigenvalue weighted by Crippen LogP contribution is 2.18. The lowest BCUT2D eigenvalue weighted by Crippen LogP contribution is -2.39. The van der Waals surface area contributed by atoms with Gasteiger partial charge in [0.15, 0.2) is 9.84 Å². The fourth-order valence-electron chi connectivity index (χ4n) is 2.46. The van der Waals surface area contributed by atoms with Crippen LogP contribution in [0.2, 0.25) is 0 Å². The monoisotopic (exact) mass is 283 g/mol. The van der Waals surface area contributed by atoms with Crippen molar-refractivity contribution < 1.29 is 13.5 Å². The van der Waals surface area contributed by atoms with Crippen molar-refractivity contribution in [1.82, 2.24) is 5.32 Å². The van der Waals surface area contributed by atoms with Gasteiger partial charge in [0.2, 0.25) is 0 Å². The first kappa shape index (κ1) is 14.5. The number of sulfone groups is 1. The number of aliphatic hydroxyl groups excluding tert-OH is 1. The quantitative estimate of drug-likeness (QED) is 0.843. The lowest BCUT2D eigenvalue weighted by Gasteiger charge is -2.17. The molecule has 1 aliphatic heterocycles. The van der Waals surface area contributed by atoms with Crippen LogP contribution in [0, 0.1) is 0 Å². The number of benzene rings is 1. The molecule has 0 spiro atoms. The minimum atomic E-state index is -3.06. The molecule has 1 aliphatic rings. The molecule has 0 amide bonds. The lowest BCUT2D eigenvalue weighted by atomic mass is 9.98. The van der Waals surface area contributed by atoms with Crippen LogP contribution < -0.4 is 5.32 Å². The van der Waals surface area contributed by atoms with Gasteiger partial charge in [0.05, 0.1) is 17.6 Å². The van der Waals surface area contributed by atoms with E-state index >= 15 is 0 Å². The Morgan fingerprint density at radius 2 is 2.00 bits per heavy atom. The van der Waals surface area contributed by atoms with Crippen molar-refractivity contribution in [2.75, 3.05) is 18.1 Å². The molecule has 1 aromatic rings. The summed E-state index contributed by atoms with van der Waals surface area (Å²) in [6.07, 6.45) is 0.157. The van der Waals surface area contributed by atoms with Crippen LogP contribution in [-0.2, 0) is 9.84 Å². The molecule has 5 heteroatoms. The molecule has 0 bridgehead atoms. The Morgan fingerprint density at radius 1 is 1.32 bits per heavy atom. The molecule has 3 atom stereocenters. The van der Waals surface area contributed by atoms with Crippen molar-refractivity contribution >= 4 is 9.84 Å². The first-order chi connectivity index (χ1) is 8.98. The summed E-state index contributed by atoms with van der Waals surface area (Å²) in [5.74, 6) is 0.358. The van der Waals surface area contributed by atoms with Crippen LogP contribution in [0.25, 0.3) is 0 Å². The fourth-order valence-corrected chi connectivity index (χ4v) is 4.23. The predicted octanol–water partition coefficient (Wildman–Crippen LogP) is 0.928. The molecule has 106 valence electrons. The molecular weight excluding hydrogens is 262 g/mol. The third kappa shape index (κ3) is 4.03. The number of rotatable bonds is 5. The maximum Gasteiger partial charge on any atom is 0.154 e. The van der Waals surface area contributed by atoms with Crippen LogP contribution in [0.5, 0.6) is 0 Å². The van der Waals surface area contributed by atoms with Gasteiger partial charge in [-0.25, -0.2) is 8.42 Å². The molecule has 2 rings (SSSR count). The summed E-state index contributed by atoms with van der Waals surface area (Å²) in [7, 11) is -3.06. The number of nitrogens with one attached hydrogen (secondary N) is 1. The molecule has 4 nitrogen and oxygen atoms in total. The second-order valence-electron chi connectivity index (χ2n) is 5.31. The summed E-state index contributed by atoms with van der Waals surface area (Å²) in [4.78, 5) is 0. The van der Waals surface area contributed by atoms with E-state index in [2.05, 4.69) is 24.4 Å². The van der Waals surface area contributed by atoms with E-state index < -0.39 is 15.9 Å². The number of hydrogen-bond acceptors (Lipinski definition) is 4. The van der Waals surface area contributed by atoms with Crippen LogP contribution in [0.1, 0.15) is 24.8 Å². The van der Waals surface area contributed by atoms with Crippen molar-refractivity contribution in [3.8, 4) is 0 Å². The van der Waals surface area contributed by atoms with Crippen LogP contribution in [-0.4, -0.2) is 43.7 Å². The molecule has 1 heterocycles. The zero-order valence-corrected chi connectivity index (χ0v) is 11.9. The molecule has 3 unspecified atom stereocenters. The van der Waals surface area contributed by atoms with Gasteiger partial charge in [-0.2, -0.15) is 0 Å². The predicted molar refractivity (Wildman–Crippen MR) is 75.9 cm³/mol. The van der Waals surface area contributed by atoms with Gasteiger partial charge in [0.25, 0.3) is 0 Å². The maximum atomic E-state index is 11.4. The third-order valence-corrected chi connectivity index (χ3v) is 5.39. The Labute approximate surface area is 114 Å². The van der Waals surface area contributed by atoms with Gasteiger partial charge in [-0.15, -0.1) is 0 Å². The van der Waals surface area contributed by atoms with E-state index in [1.165, 1.54) is 5.56 Å². The lowest BCUT2D eigenvalue weighted by molar-refractivity contribution is 0.166. The van der Waals surface area contributed by atoms with E-state index in [-0.39, 0.29) is 17.5 Å². The largest absolute Gasteiger partial charge is 0.390 e. The van der Waals surface area contributed by atoms with Crippen LogP contribution >= 0.6 is 0 Å². The highest BCUT2D eigenvalue weighted by molar-refractivity contribution is 7.91. The van der Waals surface area contributed by atoms with E-state index in [4.69, 9.17) is 0 Å². The van der Waals surface area contributed by atoms with Gasteiger partial charge < -0.3 is 10.4 Å². The maximum absolute atomic E-state index is 11.4. The van der Waals surface area contributed by atoms with Gasteiger partial charge in [-0.1, -0.05) is 37.3 Å². The Balaban J connectivity index is 1.78. The van der Waals surface area contributed by atoms with Gasteiger partial charge in [-0.3, -0.25) is 0 Å². The average molecular weight is 283 g/mol.